The molecule has 0 aliphatic carbocycles. The molecule has 0 aromatic carbocycles. The number of hydrogen-bond donors (Lipinski definition) is 1. The van der Waals surface area contributed by atoms with E-state index in [-0.39, 0.29) is 13.2 Å². The Kier molecular flexibility index (Phi) is 10.9. The van der Waals surface area contributed by atoms with Crippen molar-refractivity contribution in [3.8, 4) is 0 Å². The molecule has 0 aliphatic heterocycles. The van der Waals surface area contributed by atoms with Gasteiger partial charge in [-0.05, 0) is 20.3 Å². The first-order valence-corrected chi connectivity index (χ1v) is 8.92. The first-order valence-electron chi connectivity index (χ1n) is 7.31. The molecule has 21 heavy (non-hydrogen) atoms. The Morgan fingerprint density at radius 3 is 2.19 bits per heavy atom. The summed E-state index contributed by atoms with van der Waals surface area (Å²) < 4.78 is 27.4. The molecule has 0 aliphatic rings. The molecule has 0 aromatic rings. The number of aliphatic hydroxyl groups excluding tert-OH is 1. The number of carbonyl (C=O) groups is 1. The topological polar surface area (TPSA) is 85.3 Å². The minimum atomic E-state index is -3.86. The third-order valence-electron chi connectivity index (χ3n) is 2.80. The molecule has 0 saturated carbocycles. The van der Waals surface area contributed by atoms with Crippen molar-refractivity contribution in [2.24, 2.45) is 0 Å². The van der Waals surface area contributed by atoms with E-state index in [1.54, 1.807) is 13.8 Å². The lowest BCUT2D eigenvalue weighted by atomic mass is 10.3. The maximum Gasteiger partial charge on any atom is 0.368 e. The first-order chi connectivity index (χ1) is 9.96. The molecular formula is C13H28NO6P. The van der Waals surface area contributed by atoms with Gasteiger partial charge in [0, 0.05) is 20.2 Å². The minimum absolute atomic E-state index is 0.0919. The van der Waals surface area contributed by atoms with Crippen LogP contribution in [-0.2, 0) is 23.1 Å². The van der Waals surface area contributed by atoms with Crippen LogP contribution in [0.1, 0.15) is 33.6 Å². The molecule has 0 bridgehead atoms. The maximum absolute atomic E-state index is 12.4. The zero-order valence-electron chi connectivity index (χ0n) is 13.4. The number of rotatable bonds is 12. The molecule has 1 N–H and O–H groups in total. The Morgan fingerprint density at radius 2 is 1.76 bits per heavy atom. The third kappa shape index (κ3) is 6.89. The highest BCUT2D eigenvalue weighted by molar-refractivity contribution is 7.55. The van der Waals surface area contributed by atoms with E-state index in [1.165, 1.54) is 12.0 Å². The maximum atomic E-state index is 12.4. The summed E-state index contributed by atoms with van der Waals surface area (Å²) in [5, 5.41) is 10.1. The molecule has 0 aromatic heterocycles. The van der Waals surface area contributed by atoms with Crippen LogP contribution in [0.4, 0.5) is 0 Å². The lowest BCUT2D eigenvalue weighted by molar-refractivity contribution is -0.137. The Hall–Kier alpha value is -0.460. The highest BCUT2D eigenvalue weighted by Gasteiger charge is 2.41. The number of aliphatic hydroxyl groups is 1. The van der Waals surface area contributed by atoms with E-state index >= 15 is 0 Å². The zero-order chi connectivity index (χ0) is 16.3. The summed E-state index contributed by atoms with van der Waals surface area (Å²) >= 11 is 0. The first kappa shape index (κ1) is 20.5. The van der Waals surface area contributed by atoms with E-state index in [1.807, 2.05) is 6.92 Å². The summed E-state index contributed by atoms with van der Waals surface area (Å²) in [7, 11) is -2.33. The fourth-order valence-corrected chi connectivity index (χ4v) is 3.23. The van der Waals surface area contributed by atoms with Gasteiger partial charge in [-0.1, -0.05) is 13.3 Å². The predicted octanol–water partition coefficient (Wildman–Crippen LogP) is 1.85. The number of amides is 1. The molecule has 0 radical (unpaired) electrons. The van der Waals surface area contributed by atoms with Gasteiger partial charge in [0.1, 0.15) is 0 Å². The van der Waals surface area contributed by atoms with Crippen LogP contribution >= 0.6 is 7.60 Å². The van der Waals surface area contributed by atoms with Gasteiger partial charge in [0.15, 0.2) is 0 Å². The average Bonchev–Trinajstić information content (AvgIpc) is 2.46. The van der Waals surface area contributed by atoms with Gasteiger partial charge in [-0.2, -0.15) is 0 Å². The highest BCUT2D eigenvalue weighted by atomic mass is 31.2. The largest absolute Gasteiger partial charge is 0.383 e. The number of unbranched alkanes of at least 4 members (excludes halogenated alkanes) is 1. The van der Waals surface area contributed by atoms with Crippen LogP contribution in [0, 0.1) is 0 Å². The molecule has 0 fully saturated rings. The lowest BCUT2D eigenvalue weighted by Crippen LogP contribution is -2.42. The Balaban J connectivity index is 4.96. The summed E-state index contributed by atoms with van der Waals surface area (Å²) in [4.78, 5) is 13.8. The summed E-state index contributed by atoms with van der Waals surface area (Å²) in [6.45, 7) is 6.57. The molecule has 0 saturated heterocycles. The van der Waals surface area contributed by atoms with Gasteiger partial charge in [-0.25, -0.2) is 0 Å². The van der Waals surface area contributed by atoms with Gasteiger partial charge in [-0.15, -0.1) is 0 Å². The average molecular weight is 325 g/mol. The SMILES string of the molecule is CCCCN(CCOC)C(=O)C(O)P(=O)(OCC)OCC. The monoisotopic (exact) mass is 325 g/mol. The van der Waals surface area contributed by atoms with Crippen molar-refractivity contribution in [1.29, 1.82) is 0 Å². The number of methoxy groups -OCH3 is 1. The lowest BCUT2D eigenvalue weighted by Gasteiger charge is -2.28. The Bertz CT molecular complexity index is 321. The summed E-state index contributed by atoms with van der Waals surface area (Å²) in [6, 6.07) is 0. The van der Waals surface area contributed by atoms with Crippen molar-refractivity contribution >= 4 is 13.5 Å². The van der Waals surface area contributed by atoms with Crippen LogP contribution in [0.15, 0.2) is 0 Å². The number of carbonyl (C=O) groups excluding carboxylic acids is 1. The van der Waals surface area contributed by atoms with Gasteiger partial charge in [-0.3, -0.25) is 9.36 Å². The van der Waals surface area contributed by atoms with Crippen molar-refractivity contribution in [2.75, 3.05) is 40.0 Å². The fraction of sp³-hybridized carbons (Fsp3) is 0.923. The summed E-state index contributed by atoms with van der Waals surface area (Å²) in [5.74, 6) is -2.45. The van der Waals surface area contributed by atoms with Gasteiger partial charge in [0.25, 0.3) is 5.91 Å². The molecular weight excluding hydrogens is 297 g/mol. The molecule has 1 amide bonds. The molecule has 1 atom stereocenters. The summed E-state index contributed by atoms with van der Waals surface area (Å²) in [6.07, 6.45) is 1.69. The molecule has 8 heteroatoms. The van der Waals surface area contributed by atoms with Crippen LogP contribution in [0.5, 0.6) is 0 Å². The van der Waals surface area contributed by atoms with Gasteiger partial charge < -0.3 is 23.8 Å². The van der Waals surface area contributed by atoms with Gasteiger partial charge >= 0.3 is 7.60 Å². The Morgan fingerprint density at radius 1 is 1.19 bits per heavy atom. The highest BCUT2D eigenvalue weighted by Crippen LogP contribution is 2.52. The van der Waals surface area contributed by atoms with Crippen molar-refractivity contribution in [3.63, 3.8) is 0 Å². The quantitative estimate of drug-likeness (QED) is 0.551. The normalized spacial score (nSPS) is 13.2. The number of hydrogen-bond acceptors (Lipinski definition) is 6. The second kappa shape index (κ2) is 11.2. The van der Waals surface area contributed by atoms with E-state index in [2.05, 4.69) is 0 Å². The predicted molar refractivity (Wildman–Crippen MR) is 80.2 cm³/mol. The van der Waals surface area contributed by atoms with Crippen molar-refractivity contribution in [3.05, 3.63) is 0 Å². The van der Waals surface area contributed by atoms with E-state index in [0.717, 1.165) is 12.8 Å². The van der Waals surface area contributed by atoms with Crippen LogP contribution in [0.3, 0.4) is 0 Å². The zero-order valence-corrected chi connectivity index (χ0v) is 14.3. The van der Waals surface area contributed by atoms with Gasteiger partial charge in [0.05, 0.1) is 19.8 Å². The smallest absolute Gasteiger partial charge is 0.368 e. The fourth-order valence-electron chi connectivity index (χ4n) is 1.72. The number of nitrogens with zero attached hydrogens (tertiary/aromatic N) is 1. The van der Waals surface area contributed by atoms with Crippen LogP contribution < -0.4 is 0 Å². The Labute approximate surface area is 127 Å². The van der Waals surface area contributed by atoms with Crippen molar-refractivity contribution in [1.82, 2.24) is 4.90 Å². The van der Waals surface area contributed by atoms with E-state index in [4.69, 9.17) is 13.8 Å². The van der Waals surface area contributed by atoms with Crippen molar-refractivity contribution in [2.45, 2.75) is 39.5 Å². The van der Waals surface area contributed by atoms with E-state index in [0.29, 0.717) is 19.7 Å². The standard InChI is InChI=1S/C13H28NO6P/c1-5-8-9-14(10-11-18-4)12(15)13(16)21(17,19-6-2)20-7-3/h13,16H,5-11H2,1-4H3. The second-order valence-corrected chi connectivity index (χ2v) is 6.51. The minimum Gasteiger partial charge on any atom is -0.383 e. The molecule has 126 valence electrons. The van der Waals surface area contributed by atoms with E-state index in [9.17, 15) is 14.5 Å². The van der Waals surface area contributed by atoms with Crippen LogP contribution in [-0.4, -0.2) is 61.8 Å². The molecule has 0 spiro atoms. The third-order valence-corrected chi connectivity index (χ3v) is 4.85. The van der Waals surface area contributed by atoms with Crippen LogP contribution in [0.2, 0.25) is 0 Å². The van der Waals surface area contributed by atoms with Gasteiger partial charge in [0.2, 0.25) is 5.85 Å². The summed E-state index contributed by atoms with van der Waals surface area (Å²) in [5.41, 5.74) is 0. The van der Waals surface area contributed by atoms with E-state index < -0.39 is 19.3 Å². The molecule has 1 unspecified atom stereocenters. The van der Waals surface area contributed by atoms with Crippen LogP contribution in [0.25, 0.3) is 0 Å². The molecule has 7 nitrogen and oxygen atoms in total. The number of ether oxygens (including phenoxy) is 1. The second-order valence-electron chi connectivity index (χ2n) is 4.42. The molecule has 0 rings (SSSR count). The molecule has 0 heterocycles. The van der Waals surface area contributed by atoms with Crippen molar-refractivity contribution < 1.29 is 28.3 Å².